The van der Waals surface area contributed by atoms with Crippen LogP contribution in [0.15, 0.2) is 35.2 Å². The number of nitrogens with zero attached hydrogens (tertiary/aromatic N) is 1. The average Bonchev–Trinajstić information content (AvgIpc) is 2.70. The highest BCUT2D eigenvalue weighted by atomic mass is 32.2. The Morgan fingerprint density at radius 2 is 1.82 bits per heavy atom. The summed E-state index contributed by atoms with van der Waals surface area (Å²) >= 11 is 0. The van der Waals surface area contributed by atoms with Gasteiger partial charge in [-0.3, -0.25) is 4.79 Å². The molecule has 0 saturated carbocycles. The van der Waals surface area contributed by atoms with Crippen LogP contribution in [0.1, 0.15) is 46.0 Å². The summed E-state index contributed by atoms with van der Waals surface area (Å²) in [5, 5.41) is 3.05. The van der Waals surface area contributed by atoms with Gasteiger partial charge in [0.15, 0.2) is 0 Å². The smallest absolute Gasteiger partial charge is 0.241 e. The second-order valence-electron chi connectivity index (χ2n) is 8.40. The highest BCUT2D eigenvalue weighted by Crippen LogP contribution is 2.30. The molecule has 28 heavy (non-hydrogen) atoms. The molecule has 2 aliphatic heterocycles. The number of piperidine rings is 2. The topological polar surface area (TPSA) is 78.5 Å². The molecule has 1 aromatic rings. The molecular weight excluding hydrogens is 374 g/mol. The molecule has 6 nitrogen and oxygen atoms in total. The van der Waals surface area contributed by atoms with E-state index in [1.54, 1.807) is 18.2 Å². The van der Waals surface area contributed by atoms with Crippen molar-refractivity contribution < 1.29 is 13.2 Å². The summed E-state index contributed by atoms with van der Waals surface area (Å²) in [5.74, 6) is 0.0787. The van der Waals surface area contributed by atoms with Crippen molar-refractivity contribution in [3.63, 3.8) is 0 Å². The Kier molecular flexibility index (Phi) is 7.12. The van der Waals surface area contributed by atoms with Gasteiger partial charge in [-0.25, -0.2) is 8.42 Å². The molecule has 0 bridgehead atoms. The third kappa shape index (κ3) is 5.13. The molecule has 3 rings (SSSR count). The summed E-state index contributed by atoms with van der Waals surface area (Å²) in [7, 11) is -3.73. The highest BCUT2D eigenvalue weighted by Gasteiger charge is 2.34. The van der Waals surface area contributed by atoms with Crippen molar-refractivity contribution in [1.82, 2.24) is 14.9 Å². The van der Waals surface area contributed by atoms with Crippen LogP contribution < -0.4 is 10.0 Å². The summed E-state index contributed by atoms with van der Waals surface area (Å²) in [5.41, 5.74) is 0. The van der Waals surface area contributed by atoms with E-state index in [2.05, 4.69) is 14.9 Å². The SMILES string of the molecule is CC(C)[C@@H](NS(=O)(=O)c1ccccc1)C(=O)NC[C@H]1CCCN2CCCC[C@H]12. The lowest BCUT2D eigenvalue weighted by Crippen LogP contribution is -2.54. The number of carbonyl (C=O) groups excluding carboxylic acids is 1. The third-order valence-corrected chi connectivity index (χ3v) is 7.51. The Labute approximate surface area is 169 Å². The molecule has 2 heterocycles. The summed E-state index contributed by atoms with van der Waals surface area (Å²) in [4.78, 5) is 15.6. The van der Waals surface area contributed by atoms with Crippen LogP contribution in [-0.2, 0) is 14.8 Å². The van der Waals surface area contributed by atoms with E-state index < -0.39 is 16.1 Å². The standard InChI is InChI=1S/C21H33N3O3S/c1-16(2)20(23-28(26,27)18-10-4-3-5-11-18)21(25)22-15-17-9-8-14-24-13-7-6-12-19(17)24/h3-5,10-11,16-17,19-20,23H,6-9,12-15H2,1-2H3,(H,22,25)/t17-,19-,20-/m1/s1. The van der Waals surface area contributed by atoms with Crippen LogP contribution in [0.2, 0.25) is 0 Å². The molecule has 2 aliphatic rings. The second-order valence-corrected chi connectivity index (χ2v) is 10.1. The van der Waals surface area contributed by atoms with Crippen LogP contribution in [0.3, 0.4) is 0 Å². The van der Waals surface area contributed by atoms with Gasteiger partial charge in [-0.05, 0) is 62.7 Å². The molecule has 1 aromatic carbocycles. The molecule has 0 aromatic heterocycles. The first-order valence-corrected chi connectivity index (χ1v) is 12.0. The highest BCUT2D eigenvalue weighted by molar-refractivity contribution is 7.89. The second kappa shape index (κ2) is 9.37. The normalized spacial score (nSPS) is 24.5. The maximum absolute atomic E-state index is 12.8. The molecular formula is C21H33N3O3S. The maximum atomic E-state index is 12.8. The Bertz CT molecular complexity index is 749. The van der Waals surface area contributed by atoms with Crippen LogP contribution in [0.25, 0.3) is 0 Å². The van der Waals surface area contributed by atoms with Gasteiger partial charge in [-0.1, -0.05) is 38.5 Å². The molecule has 2 saturated heterocycles. The first-order valence-electron chi connectivity index (χ1n) is 10.5. The molecule has 2 N–H and O–H groups in total. The van der Waals surface area contributed by atoms with Crippen LogP contribution in [-0.4, -0.2) is 50.9 Å². The fraction of sp³-hybridized carbons (Fsp3) is 0.667. The van der Waals surface area contributed by atoms with Crippen molar-refractivity contribution in [2.45, 2.75) is 62.9 Å². The van der Waals surface area contributed by atoms with Gasteiger partial charge in [0.05, 0.1) is 4.90 Å². The summed E-state index contributed by atoms with van der Waals surface area (Å²) in [6, 6.07) is 7.98. The first kappa shape index (κ1) is 21.3. The van der Waals surface area contributed by atoms with Crippen LogP contribution in [0.5, 0.6) is 0 Å². The van der Waals surface area contributed by atoms with Crippen LogP contribution >= 0.6 is 0 Å². The number of nitrogens with one attached hydrogen (secondary N) is 2. The van der Waals surface area contributed by atoms with Gasteiger partial charge in [0.1, 0.15) is 6.04 Å². The Hall–Kier alpha value is -1.44. The number of rotatable bonds is 7. The minimum absolute atomic E-state index is 0.143. The van der Waals surface area contributed by atoms with E-state index in [0.29, 0.717) is 18.5 Å². The number of carbonyl (C=O) groups is 1. The zero-order chi connectivity index (χ0) is 20.1. The van der Waals surface area contributed by atoms with Gasteiger partial charge in [-0.15, -0.1) is 0 Å². The predicted molar refractivity (Wildman–Crippen MR) is 110 cm³/mol. The number of fused-ring (bicyclic) bond motifs is 1. The quantitative estimate of drug-likeness (QED) is 0.727. The van der Waals surface area contributed by atoms with Crippen molar-refractivity contribution in [2.75, 3.05) is 19.6 Å². The minimum Gasteiger partial charge on any atom is -0.354 e. The fourth-order valence-electron chi connectivity index (χ4n) is 4.48. The molecule has 0 spiro atoms. The van der Waals surface area contributed by atoms with Gasteiger partial charge in [-0.2, -0.15) is 4.72 Å². The van der Waals surface area contributed by atoms with E-state index in [-0.39, 0.29) is 16.7 Å². The molecule has 156 valence electrons. The minimum atomic E-state index is -3.73. The summed E-state index contributed by atoms with van der Waals surface area (Å²) in [6.07, 6.45) is 6.03. The maximum Gasteiger partial charge on any atom is 0.241 e. The zero-order valence-electron chi connectivity index (χ0n) is 16.9. The first-order chi connectivity index (χ1) is 13.4. The lowest BCUT2D eigenvalue weighted by atomic mass is 9.83. The molecule has 2 fully saturated rings. The molecule has 0 aliphatic carbocycles. The molecule has 3 atom stereocenters. The molecule has 1 amide bonds. The monoisotopic (exact) mass is 407 g/mol. The van der Waals surface area contributed by atoms with Gasteiger partial charge in [0.2, 0.25) is 15.9 Å². The average molecular weight is 408 g/mol. The van der Waals surface area contributed by atoms with Gasteiger partial charge in [0, 0.05) is 12.6 Å². The predicted octanol–water partition coefficient (Wildman–Crippen LogP) is 2.37. The Morgan fingerprint density at radius 1 is 1.11 bits per heavy atom. The Morgan fingerprint density at radius 3 is 2.54 bits per heavy atom. The van der Waals surface area contributed by atoms with E-state index in [9.17, 15) is 13.2 Å². The zero-order valence-corrected chi connectivity index (χ0v) is 17.7. The van der Waals surface area contributed by atoms with Gasteiger partial charge in [0.25, 0.3) is 0 Å². The Balaban J connectivity index is 1.62. The van der Waals surface area contributed by atoms with Crippen molar-refractivity contribution >= 4 is 15.9 Å². The van der Waals surface area contributed by atoms with E-state index in [4.69, 9.17) is 0 Å². The number of hydrogen-bond acceptors (Lipinski definition) is 4. The number of benzene rings is 1. The number of amides is 1. The summed E-state index contributed by atoms with van der Waals surface area (Å²) in [6.45, 7) is 6.68. The summed E-state index contributed by atoms with van der Waals surface area (Å²) < 4.78 is 27.9. The fourth-order valence-corrected chi connectivity index (χ4v) is 5.85. The van der Waals surface area contributed by atoms with Crippen molar-refractivity contribution in [1.29, 1.82) is 0 Å². The van der Waals surface area contributed by atoms with Crippen molar-refractivity contribution in [3.8, 4) is 0 Å². The van der Waals surface area contributed by atoms with Crippen molar-refractivity contribution in [2.24, 2.45) is 11.8 Å². The van der Waals surface area contributed by atoms with Crippen LogP contribution in [0.4, 0.5) is 0 Å². The largest absolute Gasteiger partial charge is 0.354 e. The molecule has 0 radical (unpaired) electrons. The molecule has 7 heteroatoms. The third-order valence-electron chi connectivity index (χ3n) is 6.05. The van der Waals surface area contributed by atoms with Gasteiger partial charge >= 0.3 is 0 Å². The lowest BCUT2D eigenvalue weighted by molar-refractivity contribution is -0.124. The van der Waals surface area contributed by atoms with E-state index in [0.717, 1.165) is 6.42 Å². The number of sulfonamides is 1. The van der Waals surface area contributed by atoms with E-state index >= 15 is 0 Å². The molecule has 0 unspecified atom stereocenters. The van der Waals surface area contributed by atoms with Crippen LogP contribution in [0, 0.1) is 11.8 Å². The lowest BCUT2D eigenvalue weighted by Gasteiger charge is -2.44. The van der Waals surface area contributed by atoms with E-state index in [1.165, 1.54) is 50.9 Å². The van der Waals surface area contributed by atoms with Crippen molar-refractivity contribution in [3.05, 3.63) is 30.3 Å². The van der Waals surface area contributed by atoms with Gasteiger partial charge < -0.3 is 10.2 Å². The number of hydrogen-bond donors (Lipinski definition) is 2. The van der Waals surface area contributed by atoms with E-state index in [1.807, 2.05) is 13.8 Å².